The summed E-state index contributed by atoms with van der Waals surface area (Å²) in [5, 5.41) is 4.36. The highest BCUT2D eigenvalue weighted by Crippen LogP contribution is 2.18. The minimum absolute atomic E-state index is 0.169. The predicted octanol–water partition coefficient (Wildman–Crippen LogP) is 3.36. The third-order valence-corrected chi connectivity index (χ3v) is 5.45. The summed E-state index contributed by atoms with van der Waals surface area (Å²) >= 11 is 6.01. The van der Waals surface area contributed by atoms with Crippen LogP contribution in [0.2, 0.25) is 5.02 Å². The fourth-order valence-corrected chi connectivity index (χ4v) is 3.82. The topological polar surface area (TPSA) is 85.1 Å². The lowest BCUT2D eigenvalue weighted by molar-refractivity contribution is 0.379. The molecule has 1 heterocycles. The van der Waals surface area contributed by atoms with Crippen molar-refractivity contribution in [2.45, 2.75) is 19.1 Å². The van der Waals surface area contributed by atoms with Crippen LogP contribution in [-0.2, 0) is 22.2 Å². The molecule has 0 bridgehead atoms. The number of aromatic nitrogens is 2. The lowest BCUT2D eigenvalue weighted by atomic mass is 10.1. The smallest absolute Gasteiger partial charge is 0.228 e. The van der Waals surface area contributed by atoms with Gasteiger partial charge in [0.1, 0.15) is 0 Å². The maximum Gasteiger partial charge on any atom is 0.228 e. The molecule has 0 spiro atoms. The Hall–Kier alpha value is -2.22. The zero-order valence-electron chi connectivity index (χ0n) is 14.1. The third-order valence-electron chi connectivity index (χ3n) is 3.74. The van der Waals surface area contributed by atoms with Crippen molar-refractivity contribution in [2.75, 3.05) is 6.54 Å². The Kier molecular flexibility index (Phi) is 5.70. The molecule has 6 nitrogen and oxygen atoms in total. The van der Waals surface area contributed by atoms with Crippen molar-refractivity contribution in [2.24, 2.45) is 0 Å². The van der Waals surface area contributed by atoms with Crippen LogP contribution in [-0.4, -0.2) is 25.1 Å². The molecule has 0 aliphatic rings. The normalized spacial score (nSPS) is 11.6. The van der Waals surface area contributed by atoms with Crippen molar-refractivity contribution >= 4 is 21.6 Å². The molecule has 0 unspecified atom stereocenters. The first-order valence-corrected chi connectivity index (χ1v) is 10.1. The van der Waals surface area contributed by atoms with E-state index in [0.29, 0.717) is 28.7 Å². The van der Waals surface area contributed by atoms with Crippen LogP contribution in [0.15, 0.2) is 53.1 Å². The molecule has 0 saturated carbocycles. The first kappa shape index (κ1) is 18.6. The molecule has 0 radical (unpaired) electrons. The number of hydrogen-bond acceptors (Lipinski definition) is 5. The zero-order valence-corrected chi connectivity index (χ0v) is 15.7. The lowest BCUT2D eigenvalue weighted by Gasteiger charge is -2.06. The van der Waals surface area contributed by atoms with E-state index in [0.717, 1.165) is 11.1 Å². The van der Waals surface area contributed by atoms with Gasteiger partial charge in [-0.2, -0.15) is 4.98 Å². The average Bonchev–Trinajstić information content (AvgIpc) is 3.06. The van der Waals surface area contributed by atoms with Crippen LogP contribution in [0.5, 0.6) is 0 Å². The summed E-state index contributed by atoms with van der Waals surface area (Å²) in [6.07, 6.45) is 0.306. The van der Waals surface area contributed by atoms with Gasteiger partial charge in [0.05, 0.1) is 5.75 Å². The highest BCUT2D eigenvalue weighted by molar-refractivity contribution is 7.88. The molecule has 0 saturated heterocycles. The number of halogens is 1. The Balaban J connectivity index is 1.56. The largest absolute Gasteiger partial charge is 0.339 e. The van der Waals surface area contributed by atoms with Crippen LogP contribution < -0.4 is 4.72 Å². The monoisotopic (exact) mass is 391 g/mol. The second-order valence-corrected chi connectivity index (χ2v) is 8.09. The van der Waals surface area contributed by atoms with Crippen LogP contribution >= 0.6 is 11.6 Å². The second kappa shape index (κ2) is 7.99. The maximum absolute atomic E-state index is 12.2. The van der Waals surface area contributed by atoms with Gasteiger partial charge in [-0.3, -0.25) is 0 Å². The average molecular weight is 392 g/mol. The molecule has 3 aromatic rings. The molecular weight excluding hydrogens is 374 g/mol. The van der Waals surface area contributed by atoms with Crippen molar-refractivity contribution < 1.29 is 12.9 Å². The van der Waals surface area contributed by atoms with Gasteiger partial charge in [-0.15, -0.1) is 0 Å². The molecule has 0 fully saturated rings. The number of hydrogen-bond donors (Lipinski definition) is 1. The van der Waals surface area contributed by atoms with E-state index < -0.39 is 10.0 Å². The van der Waals surface area contributed by atoms with Crippen LogP contribution in [0.25, 0.3) is 11.4 Å². The van der Waals surface area contributed by atoms with E-state index in [9.17, 15) is 8.42 Å². The molecule has 136 valence electrons. The van der Waals surface area contributed by atoms with E-state index in [1.807, 2.05) is 31.2 Å². The summed E-state index contributed by atoms with van der Waals surface area (Å²) < 4.78 is 32.0. The fraction of sp³-hybridized carbons (Fsp3) is 0.222. The molecular formula is C18H18ClN3O3S. The van der Waals surface area contributed by atoms with E-state index in [1.165, 1.54) is 0 Å². The summed E-state index contributed by atoms with van der Waals surface area (Å²) in [4.78, 5) is 4.29. The minimum atomic E-state index is -3.50. The predicted molar refractivity (Wildman–Crippen MR) is 100 cm³/mol. The lowest BCUT2D eigenvalue weighted by Crippen LogP contribution is -2.27. The van der Waals surface area contributed by atoms with Crippen LogP contribution in [0, 0.1) is 6.92 Å². The van der Waals surface area contributed by atoms with E-state index in [4.69, 9.17) is 16.1 Å². The molecule has 3 rings (SSSR count). The summed E-state index contributed by atoms with van der Waals surface area (Å²) in [5.74, 6) is 0.686. The summed E-state index contributed by atoms with van der Waals surface area (Å²) in [6, 6.07) is 14.6. The number of benzene rings is 2. The SMILES string of the molecule is Cc1ccc(-c2noc(CCNS(=O)(=O)Cc3ccccc3Cl)n2)cc1. The first-order valence-electron chi connectivity index (χ1n) is 8.03. The molecule has 2 aromatic carbocycles. The molecule has 0 aliphatic carbocycles. The number of sulfonamides is 1. The summed E-state index contributed by atoms with van der Waals surface area (Å²) in [5.41, 5.74) is 2.55. The van der Waals surface area contributed by atoms with Crippen molar-refractivity contribution in [3.63, 3.8) is 0 Å². The summed E-state index contributed by atoms with van der Waals surface area (Å²) in [7, 11) is -3.50. The maximum atomic E-state index is 12.2. The van der Waals surface area contributed by atoms with Gasteiger partial charge in [-0.05, 0) is 18.6 Å². The first-order chi connectivity index (χ1) is 12.4. The minimum Gasteiger partial charge on any atom is -0.339 e. The van der Waals surface area contributed by atoms with Gasteiger partial charge < -0.3 is 4.52 Å². The van der Waals surface area contributed by atoms with Gasteiger partial charge in [0, 0.05) is 23.6 Å². The van der Waals surface area contributed by atoms with Crippen molar-refractivity contribution in [3.8, 4) is 11.4 Å². The standard InChI is InChI=1S/C18H18ClN3O3S/c1-13-6-8-14(9-7-13)18-21-17(25-22-18)10-11-20-26(23,24)12-15-4-2-3-5-16(15)19/h2-9,20H,10-12H2,1H3. The molecule has 0 aliphatic heterocycles. The zero-order chi connectivity index (χ0) is 18.6. The van der Waals surface area contributed by atoms with Gasteiger partial charge in [-0.25, -0.2) is 13.1 Å². The van der Waals surface area contributed by atoms with Crippen LogP contribution in [0.1, 0.15) is 17.0 Å². The van der Waals surface area contributed by atoms with Crippen molar-refractivity contribution in [1.29, 1.82) is 0 Å². The van der Waals surface area contributed by atoms with Gasteiger partial charge in [0.25, 0.3) is 0 Å². The number of nitrogens with one attached hydrogen (secondary N) is 1. The van der Waals surface area contributed by atoms with E-state index in [-0.39, 0.29) is 12.3 Å². The summed E-state index contributed by atoms with van der Waals surface area (Å²) in [6.45, 7) is 2.17. The molecule has 8 heteroatoms. The highest BCUT2D eigenvalue weighted by atomic mass is 35.5. The molecule has 26 heavy (non-hydrogen) atoms. The number of rotatable bonds is 7. The van der Waals surface area contributed by atoms with E-state index in [2.05, 4.69) is 14.9 Å². The second-order valence-electron chi connectivity index (χ2n) is 5.87. The van der Waals surface area contributed by atoms with Crippen LogP contribution in [0.4, 0.5) is 0 Å². The van der Waals surface area contributed by atoms with E-state index >= 15 is 0 Å². The van der Waals surface area contributed by atoms with E-state index in [1.54, 1.807) is 24.3 Å². The number of nitrogens with zero attached hydrogens (tertiary/aromatic N) is 2. The number of aryl methyl sites for hydroxylation is 1. The van der Waals surface area contributed by atoms with Crippen molar-refractivity contribution in [3.05, 3.63) is 70.6 Å². The van der Waals surface area contributed by atoms with Gasteiger partial charge in [0.15, 0.2) is 0 Å². The Morgan fingerprint density at radius 2 is 1.85 bits per heavy atom. The highest BCUT2D eigenvalue weighted by Gasteiger charge is 2.14. The fourth-order valence-electron chi connectivity index (χ4n) is 2.36. The molecule has 1 aromatic heterocycles. The van der Waals surface area contributed by atoms with Gasteiger partial charge >= 0.3 is 0 Å². The third kappa shape index (κ3) is 4.91. The molecule has 0 amide bonds. The Morgan fingerprint density at radius 3 is 2.58 bits per heavy atom. The van der Waals surface area contributed by atoms with Gasteiger partial charge in [-0.1, -0.05) is 64.8 Å². The van der Waals surface area contributed by atoms with Gasteiger partial charge in [0.2, 0.25) is 21.7 Å². The van der Waals surface area contributed by atoms with Crippen molar-refractivity contribution in [1.82, 2.24) is 14.9 Å². The Labute approximate surface area is 157 Å². The molecule has 0 atom stereocenters. The molecule has 1 N–H and O–H groups in total. The quantitative estimate of drug-likeness (QED) is 0.667. The van der Waals surface area contributed by atoms with Crippen LogP contribution in [0.3, 0.4) is 0 Å². The Bertz CT molecular complexity index is 985. The Morgan fingerprint density at radius 1 is 1.12 bits per heavy atom.